The number of rotatable bonds is 41. The molecule has 0 aliphatic rings. The van der Waals surface area contributed by atoms with E-state index in [1.54, 1.807) is 0 Å². The maximum Gasteiger partial charge on any atom is 0.0934 e. The van der Waals surface area contributed by atoms with Gasteiger partial charge in [-0.15, -0.1) is 0 Å². The van der Waals surface area contributed by atoms with Crippen LogP contribution >= 0.6 is 0 Å². The highest BCUT2D eigenvalue weighted by Crippen LogP contribution is 2.15. The lowest BCUT2D eigenvalue weighted by molar-refractivity contribution is -0.0325. The quantitative estimate of drug-likeness (QED) is 0.0667. The van der Waals surface area contributed by atoms with Gasteiger partial charge in [0.15, 0.2) is 0 Å². The number of hydrogen-bond donors (Lipinski definition) is 1. The molecule has 1 N–H and O–H groups in total. The van der Waals surface area contributed by atoms with Crippen molar-refractivity contribution in [1.82, 2.24) is 4.90 Å². The fourth-order valence-corrected chi connectivity index (χ4v) is 6.63. The summed E-state index contributed by atoms with van der Waals surface area (Å²) < 4.78 is 12.3. The van der Waals surface area contributed by atoms with Gasteiger partial charge in [0.25, 0.3) is 0 Å². The van der Waals surface area contributed by atoms with E-state index in [1.165, 1.54) is 193 Å². The molecule has 0 saturated heterocycles. The summed E-state index contributed by atoms with van der Waals surface area (Å²) >= 11 is 0. The van der Waals surface area contributed by atoms with Gasteiger partial charge in [-0.05, 0) is 19.9 Å². The Hall–Kier alpha value is -0.160. The third kappa shape index (κ3) is 38.3. The summed E-state index contributed by atoms with van der Waals surface area (Å²) in [5, 5.41) is 9.31. The molecular weight excluding hydrogens is 566 g/mol. The predicted molar refractivity (Wildman–Crippen MR) is 204 cm³/mol. The second-order valence-electron chi connectivity index (χ2n) is 14.7. The van der Waals surface area contributed by atoms with E-state index in [1.807, 2.05) is 0 Å². The first-order chi connectivity index (χ1) is 22.7. The van der Waals surface area contributed by atoms with E-state index >= 15 is 0 Å². The van der Waals surface area contributed by atoms with Crippen LogP contribution in [0, 0.1) is 0 Å². The van der Waals surface area contributed by atoms with E-state index in [0.717, 1.165) is 32.6 Å². The number of nitrogens with zero attached hydrogens (tertiary/aromatic N) is 1. The van der Waals surface area contributed by atoms with Crippen LogP contribution in [0.2, 0.25) is 0 Å². The Kier molecular flexibility index (Phi) is 40.9. The zero-order valence-electron chi connectivity index (χ0n) is 32.2. The second-order valence-corrected chi connectivity index (χ2v) is 14.7. The van der Waals surface area contributed by atoms with Gasteiger partial charge >= 0.3 is 0 Å². The van der Waals surface area contributed by atoms with Crippen LogP contribution in [0.3, 0.4) is 0 Å². The van der Waals surface area contributed by atoms with Gasteiger partial charge in [-0.1, -0.05) is 206 Å². The lowest BCUT2D eigenvalue weighted by atomic mass is 10.0. The minimum absolute atomic E-state index is 0.106. The van der Waals surface area contributed by atoms with Gasteiger partial charge in [-0.3, -0.25) is 0 Å². The number of aliphatic hydroxyl groups excluding tert-OH is 1. The molecule has 0 aromatic rings. The first-order valence-electron chi connectivity index (χ1n) is 21.2. The summed E-state index contributed by atoms with van der Waals surface area (Å²) in [5.74, 6) is 0. The summed E-state index contributed by atoms with van der Waals surface area (Å²) in [6, 6.07) is 0. The molecule has 0 aromatic carbocycles. The summed E-state index contributed by atoms with van der Waals surface area (Å²) in [7, 11) is 2.07. The van der Waals surface area contributed by atoms with Crippen molar-refractivity contribution in [3.63, 3.8) is 0 Å². The average molecular weight is 654 g/mol. The third-order valence-electron chi connectivity index (χ3n) is 9.79. The molecule has 0 aliphatic carbocycles. The van der Waals surface area contributed by atoms with Crippen LogP contribution in [0.15, 0.2) is 0 Å². The molecule has 0 heterocycles. The number of ether oxygens (including phenoxy) is 2. The third-order valence-corrected chi connectivity index (χ3v) is 9.79. The number of unbranched alkanes of at least 4 members (excludes halogenated alkanes) is 30. The Labute approximate surface area is 290 Å². The molecule has 46 heavy (non-hydrogen) atoms. The number of hydrogen-bond acceptors (Lipinski definition) is 4. The summed E-state index contributed by atoms with van der Waals surface area (Å²) in [4.78, 5) is 2.16. The van der Waals surface area contributed by atoms with E-state index in [-0.39, 0.29) is 12.7 Å². The van der Waals surface area contributed by atoms with E-state index in [4.69, 9.17) is 9.47 Å². The van der Waals surface area contributed by atoms with Crippen LogP contribution in [-0.2, 0) is 9.47 Å². The molecule has 0 amide bonds. The summed E-state index contributed by atoms with van der Waals surface area (Å²) in [5.41, 5.74) is 0. The van der Waals surface area contributed by atoms with E-state index in [2.05, 4.69) is 25.8 Å². The molecule has 4 heteroatoms. The van der Waals surface area contributed by atoms with Gasteiger partial charge in [0.2, 0.25) is 0 Å². The maximum absolute atomic E-state index is 9.31. The zero-order chi connectivity index (χ0) is 33.4. The van der Waals surface area contributed by atoms with Crippen LogP contribution in [0.1, 0.15) is 219 Å². The van der Waals surface area contributed by atoms with Crippen LogP contribution in [0.4, 0.5) is 0 Å². The first-order valence-corrected chi connectivity index (χ1v) is 21.2. The van der Waals surface area contributed by atoms with Crippen LogP contribution in [-0.4, -0.2) is 62.7 Å². The molecular formula is C42H87NO3. The molecule has 1 atom stereocenters. The fraction of sp³-hybridized carbons (Fsp3) is 1.00. The smallest absolute Gasteiger partial charge is 0.0934 e. The lowest BCUT2D eigenvalue weighted by Gasteiger charge is -2.24. The van der Waals surface area contributed by atoms with Crippen molar-refractivity contribution < 1.29 is 14.6 Å². The Morgan fingerprint density at radius 2 is 0.739 bits per heavy atom. The van der Waals surface area contributed by atoms with Gasteiger partial charge in [0.1, 0.15) is 0 Å². The molecule has 0 rings (SSSR count). The largest absolute Gasteiger partial charge is 0.395 e. The molecule has 0 spiro atoms. The molecule has 0 fully saturated rings. The van der Waals surface area contributed by atoms with Crippen molar-refractivity contribution in [2.24, 2.45) is 0 Å². The van der Waals surface area contributed by atoms with E-state index in [9.17, 15) is 5.11 Å². The van der Waals surface area contributed by atoms with Crippen LogP contribution in [0.25, 0.3) is 0 Å². The van der Waals surface area contributed by atoms with Crippen molar-refractivity contribution >= 4 is 0 Å². The molecule has 0 aromatic heterocycles. The van der Waals surface area contributed by atoms with Gasteiger partial charge < -0.3 is 19.5 Å². The van der Waals surface area contributed by atoms with Crippen molar-refractivity contribution in [2.75, 3.05) is 46.6 Å². The van der Waals surface area contributed by atoms with Crippen LogP contribution < -0.4 is 0 Å². The fourth-order valence-electron chi connectivity index (χ4n) is 6.63. The van der Waals surface area contributed by atoms with Gasteiger partial charge in [-0.25, -0.2) is 0 Å². The molecule has 1 unspecified atom stereocenters. The summed E-state index contributed by atoms with van der Waals surface area (Å²) in [6.45, 7) is 8.67. The van der Waals surface area contributed by atoms with Gasteiger partial charge in [-0.2, -0.15) is 0 Å². The lowest BCUT2D eigenvalue weighted by Crippen LogP contribution is -2.36. The molecule has 0 bridgehead atoms. The first kappa shape index (κ1) is 45.8. The highest BCUT2D eigenvalue weighted by Gasteiger charge is 2.12. The second kappa shape index (κ2) is 41.0. The maximum atomic E-state index is 9.31. The van der Waals surface area contributed by atoms with E-state index in [0.29, 0.717) is 13.2 Å². The minimum Gasteiger partial charge on any atom is -0.395 e. The normalized spacial score (nSPS) is 12.5. The Morgan fingerprint density at radius 1 is 0.435 bits per heavy atom. The Balaban J connectivity index is 3.61. The van der Waals surface area contributed by atoms with Crippen molar-refractivity contribution in [3.05, 3.63) is 0 Å². The number of likely N-dealkylation sites (N-methyl/N-ethyl adjacent to an activating group) is 1. The van der Waals surface area contributed by atoms with Crippen molar-refractivity contribution in [2.45, 2.75) is 225 Å². The topological polar surface area (TPSA) is 41.9 Å². The standard InChI is InChI=1S/C42H87NO3/c1-4-6-8-10-12-14-16-18-20-22-24-26-28-30-32-34-38-45-41-42(40-43(3)36-37-44)46-39-35-33-31-29-27-25-23-21-19-17-15-13-11-9-7-5-2/h42,44H,4-41H2,1-3H3. The predicted octanol–water partition coefficient (Wildman–Crippen LogP) is 12.8. The summed E-state index contributed by atoms with van der Waals surface area (Å²) in [6.07, 6.45) is 44.8. The molecule has 278 valence electrons. The Morgan fingerprint density at radius 3 is 1.07 bits per heavy atom. The SMILES string of the molecule is CCCCCCCCCCCCCCCCCCOCC(CN(C)CCO)OCCCCCCCCCCCCCCCCCC. The molecule has 0 saturated carbocycles. The number of aliphatic hydroxyl groups is 1. The van der Waals surface area contributed by atoms with E-state index < -0.39 is 0 Å². The van der Waals surface area contributed by atoms with Crippen molar-refractivity contribution in [3.8, 4) is 0 Å². The van der Waals surface area contributed by atoms with Gasteiger partial charge in [0, 0.05) is 26.3 Å². The van der Waals surface area contributed by atoms with Crippen LogP contribution in [0.5, 0.6) is 0 Å². The highest BCUT2D eigenvalue weighted by atomic mass is 16.5. The van der Waals surface area contributed by atoms with Gasteiger partial charge in [0.05, 0.1) is 19.3 Å². The Bertz CT molecular complexity index is 531. The highest BCUT2D eigenvalue weighted by molar-refractivity contribution is 4.64. The molecule has 0 radical (unpaired) electrons. The zero-order valence-corrected chi connectivity index (χ0v) is 32.2. The molecule has 4 nitrogen and oxygen atoms in total. The molecule has 0 aliphatic heterocycles. The monoisotopic (exact) mass is 654 g/mol. The van der Waals surface area contributed by atoms with Crippen molar-refractivity contribution in [1.29, 1.82) is 0 Å². The average Bonchev–Trinajstić information content (AvgIpc) is 3.05. The minimum atomic E-state index is 0.106.